The maximum Gasteiger partial charge on any atom is 0.196 e. The Hall–Kier alpha value is -2.81. The number of ether oxygens (including phenoxy) is 1. The van der Waals surface area contributed by atoms with Crippen LogP contribution in [0.15, 0.2) is 71.3 Å². The van der Waals surface area contributed by atoms with E-state index in [4.69, 9.17) is 9.15 Å². The first-order chi connectivity index (χ1) is 10.2. The van der Waals surface area contributed by atoms with Crippen LogP contribution in [0.3, 0.4) is 0 Å². The number of carbonyl (C=O) groups is 1. The van der Waals surface area contributed by atoms with Gasteiger partial charge in [0.2, 0.25) is 0 Å². The Morgan fingerprint density at radius 2 is 1.57 bits per heavy atom. The van der Waals surface area contributed by atoms with Crippen molar-refractivity contribution in [1.29, 1.82) is 0 Å². The molecule has 1 aromatic heterocycles. The zero-order valence-corrected chi connectivity index (χ0v) is 11.6. The van der Waals surface area contributed by atoms with Crippen LogP contribution in [0.1, 0.15) is 21.7 Å². The molecule has 0 fully saturated rings. The zero-order chi connectivity index (χ0) is 14.7. The fourth-order valence-corrected chi connectivity index (χ4v) is 2.08. The standard InChI is InChI=1S/C18H14O3/c1-13-17(11-12-20-13)18(19)14-7-9-16(10-8-14)21-15-5-3-2-4-6-15/h2-12H,1H3. The monoisotopic (exact) mass is 278 g/mol. The lowest BCUT2D eigenvalue weighted by molar-refractivity contribution is 0.103. The topological polar surface area (TPSA) is 39.4 Å². The minimum absolute atomic E-state index is 0.0486. The summed E-state index contributed by atoms with van der Waals surface area (Å²) in [4.78, 5) is 12.3. The molecule has 3 aromatic rings. The van der Waals surface area contributed by atoms with Crippen molar-refractivity contribution in [1.82, 2.24) is 0 Å². The van der Waals surface area contributed by atoms with Gasteiger partial charge in [0.25, 0.3) is 0 Å². The molecule has 0 radical (unpaired) electrons. The summed E-state index contributed by atoms with van der Waals surface area (Å²) < 4.78 is 10.9. The molecule has 0 aliphatic rings. The zero-order valence-electron chi connectivity index (χ0n) is 11.6. The van der Waals surface area contributed by atoms with Crippen molar-refractivity contribution in [2.45, 2.75) is 6.92 Å². The largest absolute Gasteiger partial charge is 0.469 e. The second-order valence-electron chi connectivity index (χ2n) is 4.66. The van der Waals surface area contributed by atoms with Gasteiger partial charge in [-0.3, -0.25) is 4.79 Å². The van der Waals surface area contributed by atoms with Gasteiger partial charge in [0.05, 0.1) is 11.8 Å². The summed E-state index contributed by atoms with van der Waals surface area (Å²) in [5.74, 6) is 2.04. The molecule has 21 heavy (non-hydrogen) atoms. The number of carbonyl (C=O) groups excluding carboxylic acids is 1. The molecule has 0 aliphatic heterocycles. The van der Waals surface area contributed by atoms with Crippen molar-refractivity contribution >= 4 is 5.78 Å². The molecule has 0 saturated carbocycles. The van der Waals surface area contributed by atoms with Crippen molar-refractivity contribution < 1.29 is 13.9 Å². The Kier molecular flexibility index (Phi) is 3.56. The number of hydrogen-bond donors (Lipinski definition) is 0. The van der Waals surface area contributed by atoms with Gasteiger partial charge in [-0.2, -0.15) is 0 Å². The van der Waals surface area contributed by atoms with Gasteiger partial charge in [-0.15, -0.1) is 0 Å². The number of para-hydroxylation sites is 1. The number of aryl methyl sites for hydroxylation is 1. The molecule has 104 valence electrons. The van der Waals surface area contributed by atoms with Crippen LogP contribution in [0.25, 0.3) is 0 Å². The third-order valence-corrected chi connectivity index (χ3v) is 3.20. The minimum atomic E-state index is -0.0486. The SMILES string of the molecule is Cc1occc1C(=O)c1ccc(Oc2ccccc2)cc1. The lowest BCUT2D eigenvalue weighted by atomic mass is 10.0. The van der Waals surface area contributed by atoms with Crippen molar-refractivity contribution in [3.63, 3.8) is 0 Å². The molecule has 0 amide bonds. The molecule has 0 N–H and O–H groups in total. The average molecular weight is 278 g/mol. The molecule has 3 nitrogen and oxygen atoms in total. The van der Waals surface area contributed by atoms with E-state index in [2.05, 4.69) is 0 Å². The lowest BCUT2D eigenvalue weighted by Gasteiger charge is -2.06. The lowest BCUT2D eigenvalue weighted by Crippen LogP contribution is -2.01. The first kappa shape index (κ1) is 13.2. The smallest absolute Gasteiger partial charge is 0.196 e. The van der Waals surface area contributed by atoms with Gasteiger partial charge in [0.1, 0.15) is 17.3 Å². The Morgan fingerprint density at radius 1 is 0.905 bits per heavy atom. The summed E-state index contributed by atoms with van der Waals surface area (Å²) in [5, 5.41) is 0. The number of benzene rings is 2. The molecular formula is C18H14O3. The van der Waals surface area contributed by atoms with E-state index in [-0.39, 0.29) is 5.78 Å². The molecule has 0 atom stereocenters. The van der Waals surface area contributed by atoms with Crippen LogP contribution >= 0.6 is 0 Å². The van der Waals surface area contributed by atoms with Gasteiger partial charge in [0.15, 0.2) is 5.78 Å². The van der Waals surface area contributed by atoms with Crippen LogP contribution in [-0.2, 0) is 0 Å². The van der Waals surface area contributed by atoms with Crippen molar-refractivity contribution in [2.75, 3.05) is 0 Å². The fourth-order valence-electron chi connectivity index (χ4n) is 2.08. The third-order valence-electron chi connectivity index (χ3n) is 3.20. The molecular weight excluding hydrogens is 264 g/mol. The van der Waals surface area contributed by atoms with E-state index in [9.17, 15) is 4.79 Å². The highest BCUT2D eigenvalue weighted by Crippen LogP contribution is 2.22. The Morgan fingerprint density at radius 3 is 2.19 bits per heavy atom. The molecule has 0 bridgehead atoms. The van der Waals surface area contributed by atoms with Crippen LogP contribution in [0, 0.1) is 6.92 Å². The number of rotatable bonds is 4. The molecule has 3 rings (SSSR count). The van der Waals surface area contributed by atoms with Crippen molar-refractivity contribution in [2.24, 2.45) is 0 Å². The van der Waals surface area contributed by atoms with Gasteiger partial charge in [-0.1, -0.05) is 18.2 Å². The van der Waals surface area contributed by atoms with Crippen LogP contribution in [0.5, 0.6) is 11.5 Å². The van der Waals surface area contributed by atoms with Crippen LogP contribution < -0.4 is 4.74 Å². The fraction of sp³-hybridized carbons (Fsp3) is 0.0556. The maximum absolute atomic E-state index is 12.3. The Bertz CT molecular complexity index is 740. The highest BCUT2D eigenvalue weighted by molar-refractivity contribution is 6.09. The van der Waals surface area contributed by atoms with Gasteiger partial charge in [0, 0.05) is 5.56 Å². The highest BCUT2D eigenvalue weighted by Gasteiger charge is 2.13. The highest BCUT2D eigenvalue weighted by atomic mass is 16.5. The van der Waals surface area contributed by atoms with Crippen LogP contribution in [-0.4, -0.2) is 5.78 Å². The first-order valence-corrected chi connectivity index (χ1v) is 6.66. The van der Waals surface area contributed by atoms with Gasteiger partial charge in [-0.05, 0) is 49.4 Å². The predicted octanol–water partition coefficient (Wildman–Crippen LogP) is 4.61. The van der Waals surface area contributed by atoms with Crippen LogP contribution in [0.4, 0.5) is 0 Å². The minimum Gasteiger partial charge on any atom is -0.469 e. The summed E-state index contributed by atoms with van der Waals surface area (Å²) in [6, 6.07) is 18.3. The molecule has 0 unspecified atom stereocenters. The molecule has 2 aromatic carbocycles. The molecule has 3 heteroatoms. The predicted molar refractivity (Wildman–Crippen MR) is 79.8 cm³/mol. The number of furan rings is 1. The second-order valence-corrected chi connectivity index (χ2v) is 4.66. The van der Waals surface area contributed by atoms with E-state index in [0.717, 1.165) is 5.75 Å². The van der Waals surface area contributed by atoms with E-state index in [0.29, 0.717) is 22.6 Å². The van der Waals surface area contributed by atoms with Gasteiger partial charge >= 0.3 is 0 Å². The summed E-state index contributed by atoms with van der Waals surface area (Å²) in [7, 11) is 0. The maximum atomic E-state index is 12.3. The van der Waals surface area contributed by atoms with E-state index >= 15 is 0 Å². The summed E-state index contributed by atoms with van der Waals surface area (Å²) >= 11 is 0. The quantitative estimate of drug-likeness (QED) is 0.654. The van der Waals surface area contributed by atoms with E-state index in [1.54, 1.807) is 37.3 Å². The van der Waals surface area contributed by atoms with Crippen LogP contribution in [0.2, 0.25) is 0 Å². The summed E-state index contributed by atoms with van der Waals surface area (Å²) in [6.07, 6.45) is 1.52. The Balaban J connectivity index is 1.78. The van der Waals surface area contributed by atoms with Crippen molar-refractivity contribution in [3.8, 4) is 11.5 Å². The van der Waals surface area contributed by atoms with Gasteiger partial charge < -0.3 is 9.15 Å². The normalized spacial score (nSPS) is 10.3. The number of hydrogen-bond acceptors (Lipinski definition) is 3. The molecule has 0 aliphatic carbocycles. The average Bonchev–Trinajstić information content (AvgIpc) is 2.94. The molecule has 1 heterocycles. The summed E-state index contributed by atoms with van der Waals surface area (Å²) in [6.45, 7) is 1.78. The van der Waals surface area contributed by atoms with E-state index < -0.39 is 0 Å². The molecule has 0 saturated heterocycles. The van der Waals surface area contributed by atoms with E-state index in [1.807, 2.05) is 30.3 Å². The third kappa shape index (κ3) is 2.87. The second kappa shape index (κ2) is 5.67. The first-order valence-electron chi connectivity index (χ1n) is 6.66. The van der Waals surface area contributed by atoms with E-state index in [1.165, 1.54) is 6.26 Å². The number of ketones is 1. The summed E-state index contributed by atoms with van der Waals surface area (Å²) in [5.41, 5.74) is 1.20. The Labute approximate surface area is 122 Å². The van der Waals surface area contributed by atoms with Gasteiger partial charge in [-0.25, -0.2) is 0 Å². The van der Waals surface area contributed by atoms with Crippen molar-refractivity contribution in [3.05, 3.63) is 83.8 Å². The molecule has 0 spiro atoms.